The zero-order chi connectivity index (χ0) is 13.9. The van der Waals surface area contributed by atoms with Crippen LogP contribution in [0, 0.1) is 11.3 Å². The second-order valence-corrected chi connectivity index (χ2v) is 6.76. The number of amides is 1. The van der Waals surface area contributed by atoms with Crippen LogP contribution < -0.4 is 11.1 Å². The Morgan fingerprint density at radius 3 is 2.70 bits per heavy atom. The maximum atomic E-state index is 12.2. The van der Waals surface area contributed by atoms with Crippen LogP contribution in [0.4, 0.5) is 0 Å². The normalized spacial score (nSPS) is 37.9. The number of hydrogen-bond donors (Lipinski definition) is 3. The van der Waals surface area contributed by atoms with Gasteiger partial charge in [-0.2, -0.15) is 0 Å². The van der Waals surface area contributed by atoms with E-state index in [1.165, 1.54) is 0 Å². The highest BCUT2D eigenvalue weighted by atomic mass is 35.5. The fourth-order valence-corrected chi connectivity index (χ4v) is 3.49. The van der Waals surface area contributed by atoms with Gasteiger partial charge < -0.3 is 16.2 Å². The molecule has 0 radical (unpaired) electrons. The summed E-state index contributed by atoms with van der Waals surface area (Å²) in [4.78, 5) is 12.2. The van der Waals surface area contributed by atoms with E-state index in [1.54, 1.807) is 0 Å². The Labute approximate surface area is 128 Å². The molecule has 0 aromatic rings. The van der Waals surface area contributed by atoms with E-state index in [1.807, 2.05) is 0 Å². The molecule has 5 heteroatoms. The van der Waals surface area contributed by atoms with E-state index in [9.17, 15) is 9.90 Å². The topological polar surface area (TPSA) is 75.4 Å². The minimum Gasteiger partial charge on any atom is -0.392 e. The lowest BCUT2D eigenvalue weighted by atomic mass is 9.73. The summed E-state index contributed by atoms with van der Waals surface area (Å²) in [6, 6.07) is 0.181. The summed E-state index contributed by atoms with van der Waals surface area (Å²) >= 11 is 0. The second-order valence-electron chi connectivity index (χ2n) is 6.76. The van der Waals surface area contributed by atoms with Gasteiger partial charge >= 0.3 is 0 Å². The van der Waals surface area contributed by atoms with Gasteiger partial charge in [0.1, 0.15) is 0 Å². The summed E-state index contributed by atoms with van der Waals surface area (Å²) in [5, 5.41) is 13.2. The molecule has 4 atom stereocenters. The van der Waals surface area contributed by atoms with Gasteiger partial charge in [-0.25, -0.2) is 0 Å². The van der Waals surface area contributed by atoms with Crippen LogP contribution in [0.2, 0.25) is 0 Å². The lowest BCUT2D eigenvalue weighted by Crippen LogP contribution is -2.47. The van der Waals surface area contributed by atoms with Crippen LogP contribution in [0.5, 0.6) is 0 Å². The Hall–Kier alpha value is -0.320. The minimum absolute atomic E-state index is 0. The van der Waals surface area contributed by atoms with Crippen molar-refractivity contribution in [3.63, 3.8) is 0 Å². The molecule has 4 unspecified atom stereocenters. The van der Waals surface area contributed by atoms with Gasteiger partial charge in [-0.3, -0.25) is 4.79 Å². The average molecular weight is 305 g/mol. The van der Waals surface area contributed by atoms with Crippen LogP contribution >= 0.6 is 12.4 Å². The summed E-state index contributed by atoms with van der Waals surface area (Å²) in [6.45, 7) is 2.68. The van der Waals surface area contributed by atoms with Gasteiger partial charge in [0.2, 0.25) is 5.91 Å². The van der Waals surface area contributed by atoms with Gasteiger partial charge in [-0.15, -0.1) is 12.4 Å². The molecule has 0 aromatic heterocycles. The number of nitrogens with two attached hydrogens (primary N) is 1. The highest BCUT2D eigenvalue weighted by Crippen LogP contribution is 2.35. The van der Waals surface area contributed by atoms with Gasteiger partial charge in [0.15, 0.2) is 0 Å². The molecule has 20 heavy (non-hydrogen) atoms. The number of halogens is 1. The third-order valence-corrected chi connectivity index (χ3v) is 5.03. The Balaban J connectivity index is 0.00000200. The van der Waals surface area contributed by atoms with E-state index in [2.05, 4.69) is 12.2 Å². The monoisotopic (exact) mass is 304 g/mol. The number of aliphatic hydroxyl groups is 1. The Kier molecular flexibility index (Phi) is 6.76. The molecule has 0 saturated heterocycles. The lowest BCUT2D eigenvalue weighted by molar-refractivity contribution is -0.127. The van der Waals surface area contributed by atoms with Crippen molar-refractivity contribution in [3.05, 3.63) is 0 Å². The minimum atomic E-state index is -0.282. The third kappa shape index (κ3) is 4.34. The fraction of sp³-hybridized carbons (Fsp3) is 0.933. The van der Waals surface area contributed by atoms with Crippen molar-refractivity contribution < 1.29 is 9.90 Å². The second kappa shape index (κ2) is 7.62. The van der Waals surface area contributed by atoms with E-state index >= 15 is 0 Å². The van der Waals surface area contributed by atoms with Crippen molar-refractivity contribution in [3.8, 4) is 0 Å². The van der Waals surface area contributed by atoms with Gasteiger partial charge in [0.05, 0.1) is 6.10 Å². The number of carbonyl (C=O) groups excluding carboxylic acids is 1. The smallest absolute Gasteiger partial charge is 0.223 e. The van der Waals surface area contributed by atoms with Crippen LogP contribution in [0.1, 0.15) is 58.3 Å². The van der Waals surface area contributed by atoms with Crippen molar-refractivity contribution in [2.24, 2.45) is 17.1 Å². The Bertz CT molecular complexity index is 327. The zero-order valence-electron chi connectivity index (χ0n) is 12.4. The maximum Gasteiger partial charge on any atom is 0.223 e. The highest BCUT2D eigenvalue weighted by molar-refractivity contribution is 5.85. The van der Waals surface area contributed by atoms with Crippen LogP contribution in [-0.2, 0) is 4.79 Å². The quantitative estimate of drug-likeness (QED) is 0.746. The molecule has 118 valence electrons. The van der Waals surface area contributed by atoms with Crippen LogP contribution in [0.3, 0.4) is 0 Å². The predicted molar refractivity (Wildman–Crippen MR) is 82.8 cm³/mol. The van der Waals surface area contributed by atoms with E-state index in [0.29, 0.717) is 6.54 Å². The first-order chi connectivity index (χ1) is 9.01. The molecule has 2 rings (SSSR count). The van der Waals surface area contributed by atoms with Crippen molar-refractivity contribution in [2.75, 3.05) is 6.54 Å². The lowest BCUT2D eigenvalue weighted by Gasteiger charge is -2.39. The largest absolute Gasteiger partial charge is 0.392 e. The molecule has 2 aliphatic rings. The standard InChI is InChI=1S/C15H28N2O2.ClH/c1-15(8-3-2-7-13(15)18)10-17-14(19)11-5-4-6-12(16)9-11;/h11-13,18H,2-10,16H2,1H3,(H,17,19);1H. The summed E-state index contributed by atoms with van der Waals surface area (Å²) in [6.07, 6.45) is 7.69. The third-order valence-electron chi connectivity index (χ3n) is 5.03. The number of hydrogen-bond acceptors (Lipinski definition) is 3. The molecular weight excluding hydrogens is 276 g/mol. The molecule has 1 amide bonds. The molecule has 0 aliphatic heterocycles. The molecular formula is C15H29ClN2O2. The molecule has 2 saturated carbocycles. The first-order valence-corrected chi connectivity index (χ1v) is 7.72. The van der Waals surface area contributed by atoms with Crippen molar-refractivity contribution in [1.82, 2.24) is 5.32 Å². The summed E-state index contributed by atoms with van der Waals surface area (Å²) in [5.41, 5.74) is 5.78. The van der Waals surface area contributed by atoms with Crippen LogP contribution in [0.25, 0.3) is 0 Å². The Morgan fingerprint density at radius 1 is 1.30 bits per heavy atom. The van der Waals surface area contributed by atoms with E-state index < -0.39 is 0 Å². The summed E-state index contributed by atoms with van der Waals surface area (Å²) in [7, 11) is 0. The maximum absolute atomic E-state index is 12.2. The predicted octanol–water partition coefficient (Wildman–Crippen LogP) is 1.98. The van der Waals surface area contributed by atoms with Gasteiger partial charge in [0.25, 0.3) is 0 Å². The molecule has 4 nitrogen and oxygen atoms in total. The summed E-state index contributed by atoms with van der Waals surface area (Å²) in [5.74, 6) is 0.210. The molecule has 0 aromatic carbocycles. The number of aliphatic hydroxyl groups excluding tert-OH is 1. The molecule has 2 fully saturated rings. The SMILES string of the molecule is CC1(CNC(=O)C2CCCC(N)C2)CCCCC1O.Cl. The molecule has 0 bridgehead atoms. The van der Waals surface area contributed by atoms with Gasteiger partial charge in [0, 0.05) is 23.9 Å². The van der Waals surface area contributed by atoms with Crippen molar-refractivity contribution >= 4 is 18.3 Å². The number of carbonyl (C=O) groups is 1. The van der Waals surface area contributed by atoms with E-state index in [4.69, 9.17) is 5.73 Å². The number of rotatable bonds is 3. The number of nitrogens with one attached hydrogen (secondary N) is 1. The van der Waals surface area contributed by atoms with Crippen molar-refractivity contribution in [2.45, 2.75) is 70.4 Å². The van der Waals surface area contributed by atoms with Crippen molar-refractivity contribution in [1.29, 1.82) is 0 Å². The molecule has 2 aliphatic carbocycles. The summed E-state index contributed by atoms with van der Waals surface area (Å²) < 4.78 is 0. The van der Waals surface area contributed by atoms with Gasteiger partial charge in [-0.1, -0.05) is 26.2 Å². The van der Waals surface area contributed by atoms with E-state index in [0.717, 1.165) is 51.4 Å². The first kappa shape index (κ1) is 17.7. The van der Waals surface area contributed by atoms with Gasteiger partial charge in [-0.05, 0) is 32.1 Å². The average Bonchev–Trinajstić information content (AvgIpc) is 2.40. The van der Waals surface area contributed by atoms with Crippen LogP contribution in [0.15, 0.2) is 0 Å². The van der Waals surface area contributed by atoms with E-state index in [-0.39, 0.29) is 41.8 Å². The first-order valence-electron chi connectivity index (χ1n) is 7.72. The van der Waals surface area contributed by atoms with Crippen LogP contribution in [-0.4, -0.2) is 29.7 Å². The molecule has 4 N–H and O–H groups in total. The molecule has 0 spiro atoms. The Morgan fingerprint density at radius 2 is 2.05 bits per heavy atom. The fourth-order valence-electron chi connectivity index (χ4n) is 3.49. The molecule has 0 heterocycles. The highest BCUT2D eigenvalue weighted by Gasteiger charge is 2.36. The zero-order valence-corrected chi connectivity index (χ0v) is 13.3.